The molecule has 0 aromatic carbocycles. The van der Waals surface area contributed by atoms with Crippen LogP contribution in [-0.4, -0.2) is 19.1 Å². The van der Waals surface area contributed by atoms with E-state index in [1.54, 1.807) is 0 Å². The molecule has 0 saturated carbocycles. The Morgan fingerprint density at radius 3 is 1.70 bits per heavy atom. The zero-order chi connectivity index (χ0) is 8.20. The van der Waals surface area contributed by atoms with Gasteiger partial charge in [-0.1, -0.05) is 13.8 Å². The highest BCUT2D eigenvalue weighted by atomic mass is 19.3. The second kappa shape index (κ2) is 3.86. The molecule has 0 aromatic rings. The van der Waals surface area contributed by atoms with Crippen LogP contribution < -0.4 is 0 Å². The molecule has 0 radical (unpaired) electrons. The number of hydrogen-bond acceptors (Lipinski definition) is 1. The summed E-state index contributed by atoms with van der Waals surface area (Å²) in [6.07, 6.45) is 0. The van der Waals surface area contributed by atoms with E-state index >= 15 is 0 Å². The lowest BCUT2D eigenvalue weighted by Crippen LogP contribution is -2.40. The van der Waals surface area contributed by atoms with Crippen LogP contribution in [0.15, 0.2) is 0 Å². The van der Waals surface area contributed by atoms with E-state index in [9.17, 15) is 8.78 Å². The van der Waals surface area contributed by atoms with Gasteiger partial charge in [0, 0.05) is 0 Å². The van der Waals surface area contributed by atoms with E-state index < -0.39 is 11.8 Å². The maximum absolute atomic E-state index is 12.1. The van der Waals surface area contributed by atoms with Crippen molar-refractivity contribution in [1.29, 1.82) is 0 Å². The van der Waals surface area contributed by atoms with Gasteiger partial charge in [0.15, 0.2) is 0 Å². The summed E-state index contributed by atoms with van der Waals surface area (Å²) in [7, 11) is 0. The van der Waals surface area contributed by atoms with Crippen molar-refractivity contribution >= 4 is 0 Å². The maximum atomic E-state index is 12.1. The molecule has 0 atom stereocenters. The standard InChI is InChI=1S/C5H8F2O.C2H6/c1-5(6,7)4-2-8-3-4;1-2/h4H,2-3H2,1H3;1-2H3. The van der Waals surface area contributed by atoms with Gasteiger partial charge in [0.25, 0.3) is 5.92 Å². The summed E-state index contributed by atoms with van der Waals surface area (Å²) in [6, 6.07) is 0. The van der Waals surface area contributed by atoms with Crippen LogP contribution in [0.2, 0.25) is 0 Å². The molecule has 0 spiro atoms. The van der Waals surface area contributed by atoms with Crippen molar-refractivity contribution in [3.63, 3.8) is 0 Å². The van der Waals surface area contributed by atoms with Crippen molar-refractivity contribution in [2.45, 2.75) is 26.7 Å². The van der Waals surface area contributed by atoms with Crippen molar-refractivity contribution in [1.82, 2.24) is 0 Å². The lowest BCUT2D eigenvalue weighted by Gasteiger charge is -2.30. The molecule has 0 N–H and O–H groups in total. The topological polar surface area (TPSA) is 9.23 Å². The van der Waals surface area contributed by atoms with Crippen LogP contribution in [-0.2, 0) is 4.74 Å². The second-order valence-electron chi connectivity index (χ2n) is 2.19. The summed E-state index contributed by atoms with van der Waals surface area (Å²) in [5, 5.41) is 0. The first-order valence-corrected chi connectivity index (χ1v) is 3.56. The molecule has 1 saturated heterocycles. The van der Waals surface area contributed by atoms with Crippen LogP contribution in [0.4, 0.5) is 8.78 Å². The summed E-state index contributed by atoms with van der Waals surface area (Å²) in [5.41, 5.74) is 0. The van der Waals surface area contributed by atoms with E-state index in [1.165, 1.54) is 0 Å². The minimum Gasteiger partial charge on any atom is -0.380 e. The second-order valence-corrected chi connectivity index (χ2v) is 2.19. The Morgan fingerprint density at radius 1 is 1.30 bits per heavy atom. The number of ether oxygens (including phenoxy) is 1. The largest absolute Gasteiger partial charge is 0.380 e. The molecule has 3 heteroatoms. The number of hydrogen-bond donors (Lipinski definition) is 0. The Hall–Kier alpha value is -0.180. The van der Waals surface area contributed by atoms with E-state index in [2.05, 4.69) is 4.74 Å². The molecule has 0 aromatic heterocycles. The maximum Gasteiger partial charge on any atom is 0.252 e. The van der Waals surface area contributed by atoms with E-state index in [-0.39, 0.29) is 13.2 Å². The zero-order valence-electron chi connectivity index (χ0n) is 6.66. The van der Waals surface area contributed by atoms with Crippen molar-refractivity contribution in [2.24, 2.45) is 5.92 Å². The third-order valence-electron chi connectivity index (χ3n) is 1.35. The van der Waals surface area contributed by atoms with Gasteiger partial charge in [-0.3, -0.25) is 0 Å². The van der Waals surface area contributed by atoms with Crippen molar-refractivity contribution < 1.29 is 13.5 Å². The van der Waals surface area contributed by atoms with Gasteiger partial charge in [-0.25, -0.2) is 8.78 Å². The normalized spacial score (nSPS) is 18.9. The molecule has 0 unspecified atom stereocenters. The monoisotopic (exact) mass is 152 g/mol. The van der Waals surface area contributed by atoms with Gasteiger partial charge in [0.1, 0.15) is 0 Å². The van der Waals surface area contributed by atoms with Crippen LogP contribution in [0.1, 0.15) is 20.8 Å². The molecular formula is C7H14F2O. The lowest BCUT2D eigenvalue weighted by molar-refractivity contribution is -0.159. The summed E-state index contributed by atoms with van der Waals surface area (Å²) >= 11 is 0. The molecular weight excluding hydrogens is 138 g/mol. The Labute approximate surface area is 60.4 Å². The first-order chi connectivity index (χ1) is 4.61. The highest BCUT2D eigenvalue weighted by Crippen LogP contribution is 2.29. The fourth-order valence-electron chi connectivity index (χ4n) is 0.528. The lowest BCUT2D eigenvalue weighted by atomic mass is 10.0. The van der Waals surface area contributed by atoms with Gasteiger partial charge in [0.05, 0.1) is 19.1 Å². The highest BCUT2D eigenvalue weighted by Gasteiger charge is 2.39. The molecule has 0 bridgehead atoms. The number of halogens is 2. The smallest absolute Gasteiger partial charge is 0.252 e. The van der Waals surface area contributed by atoms with Gasteiger partial charge in [-0.2, -0.15) is 0 Å². The molecule has 1 nitrogen and oxygen atoms in total. The zero-order valence-corrected chi connectivity index (χ0v) is 6.66. The van der Waals surface area contributed by atoms with Gasteiger partial charge < -0.3 is 4.74 Å². The predicted octanol–water partition coefficient (Wildman–Crippen LogP) is 2.31. The summed E-state index contributed by atoms with van der Waals surface area (Å²) < 4.78 is 28.8. The molecule has 1 fully saturated rings. The molecule has 62 valence electrons. The Kier molecular flexibility index (Phi) is 3.79. The third-order valence-corrected chi connectivity index (χ3v) is 1.35. The van der Waals surface area contributed by atoms with Crippen LogP contribution in [0.25, 0.3) is 0 Å². The molecule has 0 aliphatic carbocycles. The van der Waals surface area contributed by atoms with Crippen LogP contribution in [0.5, 0.6) is 0 Å². The summed E-state index contributed by atoms with van der Waals surface area (Å²) in [5.74, 6) is -3.05. The number of alkyl halides is 2. The fraction of sp³-hybridized carbons (Fsp3) is 1.00. The Balaban J connectivity index is 0.000000371. The third kappa shape index (κ3) is 2.60. The number of rotatable bonds is 1. The highest BCUT2D eigenvalue weighted by molar-refractivity contribution is 4.76. The molecule has 1 aliphatic rings. The van der Waals surface area contributed by atoms with Crippen LogP contribution >= 0.6 is 0 Å². The van der Waals surface area contributed by atoms with Crippen LogP contribution in [0, 0.1) is 5.92 Å². The SMILES string of the molecule is CC.CC(F)(F)C1COC1. The minimum absolute atomic E-state index is 0.226. The van der Waals surface area contributed by atoms with Crippen molar-refractivity contribution in [2.75, 3.05) is 13.2 Å². The average molecular weight is 152 g/mol. The first kappa shape index (κ1) is 9.82. The molecule has 1 heterocycles. The molecule has 0 amide bonds. The van der Waals surface area contributed by atoms with Gasteiger partial charge in [-0.15, -0.1) is 0 Å². The predicted molar refractivity (Wildman–Crippen MR) is 36.3 cm³/mol. The fourth-order valence-corrected chi connectivity index (χ4v) is 0.528. The van der Waals surface area contributed by atoms with E-state index in [4.69, 9.17) is 0 Å². The van der Waals surface area contributed by atoms with Gasteiger partial charge in [0.2, 0.25) is 0 Å². The van der Waals surface area contributed by atoms with Gasteiger partial charge >= 0.3 is 0 Å². The van der Waals surface area contributed by atoms with Crippen LogP contribution in [0.3, 0.4) is 0 Å². The Bertz CT molecular complexity index is 84.1. The molecule has 10 heavy (non-hydrogen) atoms. The molecule has 1 aliphatic heterocycles. The van der Waals surface area contributed by atoms with E-state index in [0.29, 0.717) is 0 Å². The minimum atomic E-state index is -2.53. The Morgan fingerprint density at radius 2 is 1.70 bits per heavy atom. The van der Waals surface area contributed by atoms with Crippen molar-refractivity contribution in [3.05, 3.63) is 0 Å². The average Bonchev–Trinajstić information content (AvgIpc) is 1.61. The quantitative estimate of drug-likeness (QED) is 0.560. The molecule has 1 rings (SSSR count). The van der Waals surface area contributed by atoms with Gasteiger partial charge in [-0.05, 0) is 6.92 Å². The van der Waals surface area contributed by atoms with Crippen molar-refractivity contribution in [3.8, 4) is 0 Å². The summed E-state index contributed by atoms with van der Waals surface area (Å²) in [6.45, 7) is 5.38. The summed E-state index contributed by atoms with van der Waals surface area (Å²) in [4.78, 5) is 0. The van der Waals surface area contributed by atoms with E-state index in [1.807, 2.05) is 13.8 Å². The first-order valence-electron chi connectivity index (χ1n) is 3.56. The van der Waals surface area contributed by atoms with E-state index in [0.717, 1.165) is 6.92 Å².